The van der Waals surface area contributed by atoms with Gasteiger partial charge in [-0.05, 0) is 73.9 Å². The lowest BCUT2D eigenvalue weighted by molar-refractivity contribution is -0.136. The number of carbonyl (C=O) groups excluding carboxylic acids is 4. The fraction of sp³-hybridized carbons (Fsp3) is 0.395. The van der Waals surface area contributed by atoms with E-state index in [1.165, 1.54) is 56.7 Å². The molecule has 2 aromatic carbocycles. The molecule has 0 spiro atoms. The molecule has 10 rings (SSSR count). The van der Waals surface area contributed by atoms with Crippen LogP contribution in [0.5, 0.6) is 0 Å². The van der Waals surface area contributed by atoms with E-state index in [1.54, 1.807) is 0 Å². The molecule has 2 saturated carbocycles. The predicted octanol–water partition coefficient (Wildman–Crippen LogP) is 5.98. The molecule has 26 heteroatoms. The van der Waals surface area contributed by atoms with Crippen molar-refractivity contribution in [2.24, 2.45) is 11.8 Å². The number of alkyl halides is 6. The summed E-state index contributed by atoms with van der Waals surface area (Å²) in [6, 6.07) is 10.1. The number of aromatic nitrogens is 8. The highest BCUT2D eigenvalue weighted by atomic mass is 32.2. The van der Waals surface area contributed by atoms with Gasteiger partial charge in [0.25, 0.3) is 10.1 Å². The first-order chi connectivity index (χ1) is 32.5. The van der Waals surface area contributed by atoms with E-state index in [4.69, 9.17) is 0 Å². The largest absolute Gasteiger partial charge is 0.419 e. The van der Waals surface area contributed by atoms with Crippen molar-refractivity contribution in [3.8, 4) is 22.3 Å². The minimum Gasteiger partial charge on any atom is -0.349 e. The molecule has 2 amide bonds. The van der Waals surface area contributed by atoms with Crippen molar-refractivity contribution in [2.45, 2.75) is 77.1 Å². The Morgan fingerprint density at radius 2 is 1.14 bits per heavy atom. The van der Waals surface area contributed by atoms with Crippen molar-refractivity contribution in [2.75, 3.05) is 19.3 Å². The highest BCUT2D eigenvalue weighted by Gasteiger charge is 2.40. The zero-order valence-corrected chi connectivity index (χ0v) is 36.9. The normalized spacial score (nSPS) is 16.5. The van der Waals surface area contributed by atoms with E-state index in [1.807, 2.05) is 0 Å². The van der Waals surface area contributed by atoms with E-state index >= 15 is 0 Å². The number of ketones is 2. The summed E-state index contributed by atoms with van der Waals surface area (Å²) in [4.78, 5) is 52.0. The van der Waals surface area contributed by atoms with Crippen LogP contribution in [0.25, 0.3) is 44.3 Å². The number of amides is 2. The van der Waals surface area contributed by atoms with Crippen LogP contribution in [0.1, 0.15) is 61.0 Å². The second-order valence-electron chi connectivity index (χ2n) is 16.8. The highest BCUT2D eigenvalue weighted by Crippen LogP contribution is 2.44. The van der Waals surface area contributed by atoms with Gasteiger partial charge in [0.2, 0.25) is 23.7 Å². The average Bonchev–Trinajstić information content (AvgIpc) is 4.11. The zero-order chi connectivity index (χ0) is 49.6. The number of carbonyl (C=O) groups is 4. The lowest BCUT2D eigenvalue weighted by atomic mass is 9.98. The second kappa shape index (κ2) is 18.9. The Morgan fingerprint density at radius 3 is 1.52 bits per heavy atom. The quantitative estimate of drug-likeness (QED) is 0.0686. The molecule has 1 N–H and O–H groups in total. The van der Waals surface area contributed by atoms with Crippen LogP contribution in [-0.4, -0.2) is 96.0 Å². The van der Waals surface area contributed by atoms with Crippen LogP contribution in [-0.2, 0) is 72.1 Å². The second-order valence-corrected chi connectivity index (χ2v) is 18.5. The molecule has 4 aromatic heterocycles. The summed E-state index contributed by atoms with van der Waals surface area (Å²) in [6.45, 7) is 0.501. The van der Waals surface area contributed by atoms with Gasteiger partial charge < -0.3 is 10.2 Å². The minimum atomic E-state index is -4.81. The van der Waals surface area contributed by atoms with E-state index in [0.29, 0.717) is 24.9 Å². The Morgan fingerprint density at radius 1 is 0.667 bits per heavy atom. The molecule has 0 unspecified atom stereocenters. The third-order valence-corrected chi connectivity index (χ3v) is 11.8. The molecule has 0 radical (unpaired) electrons. The van der Waals surface area contributed by atoms with Crippen LogP contribution in [0.2, 0.25) is 0 Å². The number of fused-ring (bicyclic) bond motifs is 2. The summed E-state index contributed by atoms with van der Waals surface area (Å²) in [5.41, 5.74) is -3.83. The van der Waals surface area contributed by atoms with Crippen molar-refractivity contribution >= 4 is 55.6 Å². The van der Waals surface area contributed by atoms with E-state index in [9.17, 15) is 62.7 Å². The van der Waals surface area contributed by atoms with E-state index in [2.05, 4.69) is 40.1 Å². The molecule has 6 aromatic rings. The third-order valence-electron chi connectivity index (χ3n) is 11.3. The molecule has 0 bridgehead atoms. The summed E-state index contributed by atoms with van der Waals surface area (Å²) in [5.74, 6) is -2.30. The van der Waals surface area contributed by atoms with Gasteiger partial charge >= 0.3 is 12.4 Å². The SMILES string of the molecule is CS(=O)(=O)OCc1ccc(-c2ccc3c(nnn3CC3CC3)c2C(F)(F)F)c(F)n1.O=C1CC(=O)N(Cc2ccc(-c3ccc4c(nnn4CC4CC4)c3C(F)(F)F)c(F)n2)C1.O=C1CNC(=O)C1. The molecule has 2 aliphatic heterocycles. The molecule has 4 aliphatic rings. The average molecular weight is 991 g/mol. The van der Waals surface area contributed by atoms with Crippen molar-refractivity contribution < 1.29 is 66.9 Å². The first-order valence-corrected chi connectivity index (χ1v) is 22.9. The van der Waals surface area contributed by atoms with Crippen LogP contribution >= 0.6 is 0 Å². The molecule has 2 saturated heterocycles. The Balaban J connectivity index is 0.000000163. The molecule has 17 nitrogen and oxygen atoms in total. The van der Waals surface area contributed by atoms with Gasteiger partial charge in [-0.1, -0.05) is 22.6 Å². The number of likely N-dealkylation sites (tertiary alicyclic amines) is 1. The van der Waals surface area contributed by atoms with Gasteiger partial charge in [0.05, 0.1) is 72.3 Å². The number of benzene rings is 2. The lowest BCUT2D eigenvalue weighted by Gasteiger charge is -2.16. The van der Waals surface area contributed by atoms with Crippen LogP contribution in [0.3, 0.4) is 0 Å². The number of hydrogen-bond donors (Lipinski definition) is 1. The summed E-state index contributed by atoms with van der Waals surface area (Å²) < 4.78 is 143. The Labute approximate surface area is 385 Å². The summed E-state index contributed by atoms with van der Waals surface area (Å²) in [7, 11) is -3.78. The number of nitrogens with one attached hydrogen (secondary N) is 1. The maximum Gasteiger partial charge on any atom is 0.419 e. The van der Waals surface area contributed by atoms with E-state index in [0.717, 1.165) is 38.0 Å². The molecule has 6 heterocycles. The monoisotopic (exact) mass is 990 g/mol. The topological polar surface area (TPSA) is 214 Å². The van der Waals surface area contributed by atoms with Crippen LogP contribution in [0.15, 0.2) is 48.5 Å². The molecule has 0 atom stereocenters. The maximum atomic E-state index is 14.8. The number of pyridine rings is 2. The van der Waals surface area contributed by atoms with Crippen molar-refractivity contribution in [1.82, 2.24) is 50.2 Å². The predicted molar refractivity (Wildman–Crippen MR) is 224 cm³/mol. The van der Waals surface area contributed by atoms with Crippen LogP contribution in [0.4, 0.5) is 35.1 Å². The first-order valence-electron chi connectivity index (χ1n) is 21.1. The smallest absolute Gasteiger partial charge is 0.349 e. The van der Waals surface area contributed by atoms with Gasteiger partial charge in [-0.25, -0.2) is 19.3 Å². The van der Waals surface area contributed by atoms with Gasteiger partial charge in [-0.3, -0.25) is 23.4 Å². The Hall–Kier alpha value is -6.83. The van der Waals surface area contributed by atoms with Gasteiger partial charge in [0, 0.05) is 35.3 Å². The third kappa shape index (κ3) is 11.5. The maximum absolute atomic E-state index is 14.8. The number of hydrogen-bond acceptors (Lipinski definition) is 13. The molecule has 2 aliphatic carbocycles. The zero-order valence-electron chi connectivity index (χ0n) is 36.1. The number of halogens is 8. The molecule has 69 heavy (non-hydrogen) atoms. The summed E-state index contributed by atoms with van der Waals surface area (Å²) in [5, 5.41) is 17.6. The van der Waals surface area contributed by atoms with Gasteiger partial charge in [0.15, 0.2) is 11.6 Å². The van der Waals surface area contributed by atoms with E-state index in [-0.39, 0.29) is 106 Å². The molecular weight excluding hydrogens is 953 g/mol. The first kappa shape index (κ1) is 48.6. The molecular formula is C43H38F8N10O7S. The minimum absolute atomic E-state index is 0.00926. The fourth-order valence-corrected chi connectivity index (χ4v) is 7.95. The lowest BCUT2D eigenvalue weighted by Crippen LogP contribution is -2.25. The Kier molecular flexibility index (Phi) is 13.3. The number of nitrogens with zero attached hydrogens (tertiary/aromatic N) is 9. The van der Waals surface area contributed by atoms with Crippen LogP contribution < -0.4 is 5.32 Å². The molecule has 364 valence electrons. The Bertz CT molecular complexity index is 3120. The van der Waals surface area contributed by atoms with Crippen molar-refractivity contribution in [3.63, 3.8) is 0 Å². The number of rotatable bonds is 11. The summed E-state index contributed by atoms with van der Waals surface area (Å²) in [6.07, 6.45) is -4.90. The van der Waals surface area contributed by atoms with Crippen molar-refractivity contribution in [3.05, 3.63) is 82.9 Å². The number of Topliss-reactive ketones (excluding diaryl/α,β-unsaturated/α-hetero) is 2. The van der Waals surface area contributed by atoms with E-state index < -0.39 is 57.7 Å². The summed E-state index contributed by atoms with van der Waals surface area (Å²) >= 11 is 0. The van der Waals surface area contributed by atoms with Crippen LogP contribution in [0, 0.1) is 23.7 Å². The van der Waals surface area contributed by atoms with Crippen molar-refractivity contribution in [1.29, 1.82) is 0 Å². The van der Waals surface area contributed by atoms with Gasteiger partial charge in [-0.2, -0.15) is 43.5 Å². The standard InChI is InChI=1S/C21H17F4N5O2.C18H16F4N4O3S.C4H5NO2/c22-20-15(4-3-12(26-20)9-29-10-13(31)7-17(29)32)14-5-6-16-19(18(14)21(23,24)25)27-28-30(16)8-11-1-2-11;1-30(27,28)29-9-11-4-5-13(17(19)23-11)12-6-7-14-16(15(12)18(20,21)22)24-25-26(14)8-10-2-3-10;6-3-1-4(7)5-2-3/h3-6,11H,1-2,7-10H2;4-7,10H,2-3,8-9H2,1H3;1-2H2,(H,5,7). The van der Waals surface area contributed by atoms with Gasteiger partial charge in [-0.15, -0.1) is 10.2 Å². The molecule has 4 fully saturated rings. The fourth-order valence-electron chi connectivity index (χ4n) is 7.62. The van der Waals surface area contributed by atoms with Gasteiger partial charge in [0.1, 0.15) is 17.6 Å². The highest BCUT2D eigenvalue weighted by molar-refractivity contribution is 7.85.